The number of rotatable bonds is 6. The van der Waals surface area contributed by atoms with Gasteiger partial charge in [-0.25, -0.2) is 4.39 Å². The molecular formula is C26H37F2N3OS. The molecule has 3 rings (SSSR count). The quantitative estimate of drug-likeness (QED) is 0.485. The van der Waals surface area contributed by atoms with E-state index in [2.05, 4.69) is 31.6 Å². The van der Waals surface area contributed by atoms with Crippen molar-refractivity contribution in [1.82, 2.24) is 4.57 Å². The zero-order chi connectivity index (χ0) is 25.2. The summed E-state index contributed by atoms with van der Waals surface area (Å²) in [6.45, 7) is 9.47. The molecule has 1 aromatic carbocycles. The van der Waals surface area contributed by atoms with Gasteiger partial charge in [0.25, 0.3) is 0 Å². The Morgan fingerprint density at radius 3 is 2.24 bits per heavy atom. The lowest BCUT2D eigenvalue weighted by atomic mass is 10.1. The van der Waals surface area contributed by atoms with E-state index in [4.69, 9.17) is 4.74 Å². The number of benzene rings is 1. The van der Waals surface area contributed by atoms with Crippen molar-refractivity contribution in [3.05, 3.63) is 52.2 Å². The Morgan fingerprint density at radius 1 is 1.12 bits per heavy atom. The fraction of sp³-hybridized carbons (Fsp3) is 0.423. The zero-order valence-electron chi connectivity index (χ0n) is 20.8. The van der Waals surface area contributed by atoms with Gasteiger partial charge in [-0.2, -0.15) is 5.26 Å². The number of halogens is 2. The predicted octanol–water partition coefficient (Wildman–Crippen LogP) is 6.46. The second-order valence-corrected chi connectivity index (χ2v) is 7.53. The molecule has 0 aliphatic heterocycles. The van der Waals surface area contributed by atoms with E-state index in [1.54, 1.807) is 18.0 Å². The second kappa shape index (κ2) is 17.8. The van der Waals surface area contributed by atoms with Crippen LogP contribution < -0.4 is 15.3 Å². The van der Waals surface area contributed by atoms with Gasteiger partial charge in [-0.05, 0) is 30.2 Å². The molecule has 1 aromatic heterocycles. The maximum atomic E-state index is 12.6. The lowest BCUT2D eigenvalue weighted by Crippen LogP contribution is -2.28. The van der Waals surface area contributed by atoms with E-state index in [1.165, 1.54) is 6.42 Å². The molecule has 1 aliphatic rings. The summed E-state index contributed by atoms with van der Waals surface area (Å²) in [6, 6.07) is 10.3. The van der Waals surface area contributed by atoms with E-state index in [9.17, 15) is 14.0 Å². The van der Waals surface area contributed by atoms with Gasteiger partial charge in [-0.3, -0.25) is 4.39 Å². The first kappa shape index (κ1) is 30.3. The molecule has 4 nitrogen and oxygen atoms in total. The highest BCUT2D eigenvalue weighted by Gasteiger charge is 2.16. The van der Waals surface area contributed by atoms with Crippen molar-refractivity contribution in [2.45, 2.75) is 47.5 Å². The summed E-state index contributed by atoms with van der Waals surface area (Å²) in [6.07, 6.45) is 7.42. The van der Waals surface area contributed by atoms with Crippen LogP contribution in [0.15, 0.2) is 36.1 Å². The highest BCUT2D eigenvalue weighted by molar-refractivity contribution is 8.00. The molecule has 0 atom stereocenters. The summed E-state index contributed by atoms with van der Waals surface area (Å²) in [4.78, 5) is 0. The highest BCUT2D eigenvalue weighted by Crippen LogP contribution is 2.24. The smallest absolute Gasteiger partial charge is 0.228 e. The zero-order valence-corrected chi connectivity index (χ0v) is 21.7. The average Bonchev–Trinajstić information content (AvgIpc) is 2.98. The number of anilines is 1. The molecule has 182 valence electrons. The molecule has 0 amide bonds. The lowest BCUT2D eigenvalue weighted by Gasteiger charge is -2.08. The van der Waals surface area contributed by atoms with Crippen molar-refractivity contribution in [2.75, 3.05) is 24.5 Å². The van der Waals surface area contributed by atoms with Crippen LogP contribution in [0.25, 0.3) is 23.4 Å². The van der Waals surface area contributed by atoms with Gasteiger partial charge in [0.1, 0.15) is 11.8 Å². The Bertz CT molecular complexity index is 1010. The van der Waals surface area contributed by atoms with Crippen molar-refractivity contribution < 1.29 is 13.5 Å². The molecule has 0 spiro atoms. The summed E-state index contributed by atoms with van der Waals surface area (Å²) in [5, 5.41) is 11.5. The molecule has 0 fully saturated rings. The van der Waals surface area contributed by atoms with Crippen LogP contribution in [0.3, 0.4) is 0 Å². The molecule has 33 heavy (non-hydrogen) atoms. The SMILES string of the molecule is CC.CCC.CCSNc1ccc(-c2c(C#N)c3c(n2C)=CC(OCF)=CCC=3)cc1.CF. The minimum Gasteiger partial charge on any atom is -0.463 e. The summed E-state index contributed by atoms with van der Waals surface area (Å²) < 4.78 is 32.3. The lowest BCUT2D eigenvalue weighted by molar-refractivity contribution is 0.127. The number of alkyl halides is 2. The third kappa shape index (κ3) is 8.62. The number of fused-ring (bicyclic) bond motifs is 1. The number of hydrogen-bond donors (Lipinski definition) is 1. The third-order valence-electron chi connectivity index (χ3n) is 4.22. The van der Waals surface area contributed by atoms with Crippen LogP contribution in [0.5, 0.6) is 0 Å². The van der Waals surface area contributed by atoms with Crippen LogP contribution in [0.4, 0.5) is 14.5 Å². The molecule has 1 aliphatic carbocycles. The molecule has 1 heterocycles. The van der Waals surface area contributed by atoms with Crippen molar-refractivity contribution in [2.24, 2.45) is 7.05 Å². The van der Waals surface area contributed by atoms with Crippen LogP contribution >= 0.6 is 11.9 Å². The first-order valence-corrected chi connectivity index (χ1v) is 12.1. The van der Waals surface area contributed by atoms with E-state index in [-0.39, 0.29) is 0 Å². The van der Waals surface area contributed by atoms with Crippen LogP contribution in [0, 0.1) is 11.3 Å². The summed E-state index contributed by atoms with van der Waals surface area (Å²) >= 11 is 1.63. The Hall–Kier alpha value is -2.72. The first-order valence-electron chi connectivity index (χ1n) is 11.2. The molecule has 0 bridgehead atoms. The molecule has 1 N–H and O–H groups in total. The number of nitrogens with one attached hydrogen (secondary N) is 1. The molecule has 0 unspecified atom stereocenters. The molecule has 0 saturated carbocycles. The normalized spacial score (nSPS) is 11.0. The van der Waals surface area contributed by atoms with E-state index in [1.807, 2.05) is 61.9 Å². The van der Waals surface area contributed by atoms with Gasteiger partial charge in [0.15, 0.2) is 0 Å². The standard InChI is InChI=1S/C20H20FN3OS.C3H8.C2H6.CH3F/c1-3-26-23-15-9-7-14(8-10-15)20-18(12-22)17-6-4-5-16(25-13-21)11-19(17)24(20)2;1-3-2;2*1-2/h5-11,23H,3-4,13H2,1-2H3;3H2,1-2H3;1-2H3;1H3. The van der Waals surface area contributed by atoms with Gasteiger partial charge in [0.05, 0.1) is 23.8 Å². The minimum absolute atomic E-state index is 0.482. The Balaban J connectivity index is 0.00000132. The number of aromatic nitrogens is 1. The van der Waals surface area contributed by atoms with Crippen molar-refractivity contribution >= 4 is 29.8 Å². The van der Waals surface area contributed by atoms with Crippen molar-refractivity contribution in [3.63, 3.8) is 0 Å². The maximum absolute atomic E-state index is 12.6. The van der Waals surface area contributed by atoms with E-state index < -0.39 is 6.86 Å². The molecule has 0 saturated heterocycles. The van der Waals surface area contributed by atoms with Gasteiger partial charge in [0.2, 0.25) is 6.86 Å². The van der Waals surface area contributed by atoms with E-state index >= 15 is 0 Å². The van der Waals surface area contributed by atoms with Crippen LogP contribution in [-0.4, -0.2) is 24.4 Å². The molecule has 0 radical (unpaired) electrons. The fourth-order valence-electron chi connectivity index (χ4n) is 3.06. The fourth-order valence-corrected chi connectivity index (χ4v) is 3.51. The topological polar surface area (TPSA) is 50.0 Å². The van der Waals surface area contributed by atoms with E-state index in [0.29, 0.717) is 24.9 Å². The Morgan fingerprint density at radius 2 is 1.73 bits per heavy atom. The van der Waals surface area contributed by atoms with Crippen LogP contribution in [0.2, 0.25) is 0 Å². The van der Waals surface area contributed by atoms with E-state index in [0.717, 1.165) is 33.3 Å². The third-order valence-corrected chi connectivity index (χ3v) is 4.89. The molecule has 7 heteroatoms. The molecular weight excluding hydrogens is 440 g/mol. The van der Waals surface area contributed by atoms with Gasteiger partial charge in [-0.15, -0.1) is 0 Å². The number of nitriles is 1. The van der Waals surface area contributed by atoms with Crippen LogP contribution in [0.1, 0.15) is 53.0 Å². The number of hydrogen-bond acceptors (Lipinski definition) is 4. The Kier molecular flexibility index (Phi) is 16.3. The first-order chi connectivity index (χ1) is 16.1. The van der Waals surface area contributed by atoms with Gasteiger partial charge < -0.3 is 14.0 Å². The number of ether oxygens (including phenoxy) is 1. The summed E-state index contributed by atoms with van der Waals surface area (Å²) in [7, 11) is 2.41. The Labute approximate surface area is 201 Å². The number of nitrogens with zero attached hydrogens (tertiary/aromatic N) is 2. The summed E-state index contributed by atoms with van der Waals surface area (Å²) in [5.74, 6) is 1.46. The minimum atomic E-state index is -0.871. The molecule has 2 aromatic rings. The maximum Gasteiger partial charge on any atom is 0.228 e. The average molecular weight is 478 g/mol. The largest absolute Gasteiger partial charge is 0.463 e. The predicted molar refractivity (Wildman–Crippen MR) is 140 cm³/mol. The van der Waals surface area contributed by atoms with Crippen LogP contribution in [-0.2, 0) is 11.8 Å². The van der Waals surface area contributed by atoms with Crippen molar-refractivity contribution in [1.29, 1.82) is 5.26 Å². The summed E-state index contributed by atoms with van der Waals surface area (Å²) in [5.41, 5.74) is 3.45. The van der Waals surface area contributed by atoms with Gasteiger partial charge in [-0.1, -0.05) is 71.2 Å². The second-order valence-electron chi connectivity index (χ2n) is 6.46. The van der Waals surface area contributed by atoms with Gasteiger partial charge >= 0.3 is 0 Å². The van der Waals surface area contributed by atoms with Gasteiger partial charge in [0, 0.05) is 29.8 Å². The monoisotopic (exact) mass is 477 g/mol. The number of allylic oxidation sites excluding steroid dienone is 2. The highest BCUT2D eigenvalue weighted by atomic mass is 32.2. The van der Waals surface area contributed by atoms with Crippen molar-refractivity contribution in [3.8, 4) is 17.3 Å².